The summed E-state index contributed by atoms with van der Waals surface area (Å²) in [4.78, 5) is 29.6. The minimum Gasteiger partial charge on any atom is -0.342 e. The van der Waals surface area contributed by atoms with Gasteiger partial charge in [0.2, 0.25) is 5.91 Å². The van der Waals surface area contributed by atoms with E-state index in [1.54, 1.807) is 24.1 Å². The van der Waals surface area contributed by atoms with Gasteiger partial charge in [0.25, 0.3) is 5.91 Å². The predicted octanol–water partition coefficient (Wildman–Crippen LogP) is 4.98. The molecular weight excluding hydrogens is 415 g/mol. The summed E-state index contributed by atoms with van der Waals surface area (Å²) in [5.41, 5.74) is 1.38. The third kappa shape index (κ3) is 5.02. The molecule has 4 nitrogen and oxygen atoms in total. The van der Waals surface area contributed by atoms with Crippen molar-refractivity contribution in [2.24, 2.45) is 0 Å². The zero-order chi connectivity index (χ0) is 20.1. The Kier molecular flexibility index (Phi) is 7.27. The molecule has 0 aromatic heterocycles. The Morgan fingerprint density at radius 3 is 2.54 bits per heavy atom. The molecule has 3 rings (SSSR count). The van der Waals surface area contributed by atoms with Gasteiger partial charge >= 0.3 is 0 Å². The molecule has 0 bridgehead atoms. The minimum atomic E-state index is -0.118. The maximum Gasteiger partial charge on any atom is 0.255 e. The van der Waals surface area contributed by atoms with Gasteiger partial charge in [-0.15, -0.1) is 11.8 Å². The molecule has 1 aliphatic heterocycles. The van der Waals surface area contributed by atoms with Crippen LogP contribution in [0.25, 0.3) is 0 Å². The van der Waals surface area contributed by atoms with E-state index >= 15 is 0 Å². The highest BCUT2D eigenvalue weighted by Crippen LogP contribution is 2.28. The number of hydrogen-bond acceptors (Lipinski definition) is 3. The first kappa shape index (κ1) is 21.0. The molecule has 1 fully saturated rings. The van der Waals surface area contributed by atoms with Crippen LogP contribution >= 0.6 is 35.0 Å². The lowest BCUT2D eigenvalue weighted by molar-refractivity contribution is -0.127. The molecule has 1 heterocycles. The summed E-state index contributed by atoms with van der Waals surface area (Å²) in [6, 6.07) is 12.8. The molecule has 1 saturated heterocycles. The minimum absolute atomic E-state index is 0.118. The first-order chi connectivity index (χ1) is 13.5. The molecule has 7 heteroatoms. The maximum absolute atomic E-state index is 13.0. The van der Waals surface area contributed by atoms with Crippen molar-refractivity contribution in [1.82, 2.24) is 9.80 Å². The van der Waals surface area contributed by atoms with Crippen LogP contribution in [0.1, 0.15) is 28.8 Å². The molecule has 148 valence electrons. The normalized spacial score (nSPS) is 13.6. The van der Waals surface area contributed by atoms with Gasteiger partial charge in [-0.3, -0.25) is 9.59 Å². The van der Waals surface area contributed by atoms with Gasteiger partial charge in [-0.05, 0) is 36.6 Å². The number of thioether (sulfide) groups is 1. The van der Waals surface area contributed by atoms with E-state index in [4.69, 9.17) is 23.2 Å². The van der Waals surface area contributed by atoms with Crippen molar-refractivity contribution < 1.29 is 9.59 Å². The highest BCUT2D eigenvalue weighted by molar-refractivity contribution is 8.00. The summed E-state index contributed by atoms with van der Waals surface area (Å²) in [6.07, 6.45) is 2.14. The molecule has 2 aromatic rings. The second kappa shape index (κ2) is 9.68. The lowest BCUT2D eigenvalue weighted by Crippen LogP contribution is -2.29. The van der Waals surface area contributed by atoms with Crippen molar-refractivity contribution in [3.8, 4) is 0 Å². The largest absolute Gasteiger partial charge is 0.342 e. The lowest BCUT2D eigenvalue weighted by atomic mass is 10.1. The van der Waals surface area contributed by atoms with Crippen LogP contribution in [-0.2, 0) is 11.3 Å². The SMILES string of the molecule is CN(Cc1cccc(Cl)c1Cl)C(=O)c1ccccc1SCC(=O)N1CCCC1. The zero-order valence-corrected chi connectivity index (χ0v) is 18.0. The number of halogens is 2. The summed E-state index contributed by atoms with van der Waals surface area (Å²) in [7, 11) is 1.73. The van der Waals surface area contributed by atoms with E-state index in [2.05, 4.69) is 0 Å². The van der Waals surface area contributed by atoms with E-state index in [1.165, 1.54) is 11.8 Å². The number of benzene rings is 2. The molecule has 28 heavy (non-hydrogen) atoms. The van der Waals surface area contributed by atoms with Crippen LogP contribution < -0.4 is 0 Å². The highest BCUT2D eigenvalue weighted by atomic mass is 35.5. The Hall–Kier alpha value is -1.69. The molecular formula is C21H22Cl2N2O2S. The van der Waals surface area contributed by atoms with E-state index in [9.17, 15) is 9.59 Å². The molecule has 2 aromatic carbocycles. The van der Waals surface area contributed by atoms with Gasteiger partial charge in [0.1, 0.15) is 0 Å². The number of hydrogen-bond donors (Lipinski definition) is 0. The maximum atomic E-state index is 13.0. The summed E-state index contributed by atoms with van der Waals surface area (Å²) in [6.45, 7) is 2.02. The summed E-state index contributed by atoms with van der Waals surface area (Å²) < 4.78 is 0. The fourth-order valence-electron chi connectivity index (χ4n) is 3.17. The van der Waals surface area contributed by atoms with E-state index in [0.717, 1.165) is 36.4 Å². The van der Waals surface area contributed by atoms with Gasteiger partial charge in [0, 0.05) is 31.6 Å². The number of nitrogens with zero attached hydrogens (tertiary/aromatic N) is 2. The summed E-state index contributed by atoms with van der Waals surface area (Å²) >= 11 is 13.7. The van der Waals surface area contributed by atoms with Gasteiger partial charge in [-0.25, -0.2) is 0 Å². The van der Waals surface area contributed by atoms with Crippen molar-refractivity contribution in [3.63, 3.8) is 0 Å². The molecule has 0 saturated carbocycles. The Morgan fingerprint density at radius 1 is 1.07 bits per heavy atom. The molecule has 0 radical (unpaired) electrons. The molecule has 0 atom stereocenters. The summed E-state index contributed by atoms with van der Waals surface area (Å²) in [5, 5.41) is 0.930. The first-order valence-electron chi connectivity index (χ1n) is 9.15. The number of carbonyl (C=O) groups excluding carboxylic acids is 2. The van der Waals surface area contributed by atoms with Crippen molar-refractivity contribution in [3.05, 3.63) is 63.6 Å². The second-order valence-electron chi connectivity index (χ2n) is 6.75. The van der Waals surface area contributed by atoms with E-state index in [0.29, 0.717) is 27.9 Å². The Labute approximate surface area is 179 Å². The van der Waals surface area contributed by atoms with Gasteiger partial charge < -0.3 is 9.80 Å². The summed E-state index contributed by atoms with van der Waals surface area (Å²) in [5.74, 6) is 0.352. The van der Waals surface area contributed by atoms with Crippen LogP contribution in [0.5, 0.6) is 0 Å². The number of amides is 2. The average Bonchev–Trinajstić information content (AvgIpc) is 3.24. The third-order valence-corrected chi connectivity index (χ3v) is 6.63. The predicted molar refractivity (Wildman–Crippen MR) is 115 cm³/mol. The van der Waals surface area contributed by atoms with Gasteiger partial charge in [-0.1, -0.05) is 47.5 Å². The first-order valence-corrected chi connectivity index (χ1v) is 10.9. The fourth-order valence-corrected chi connectivity index (χ4v) is 4.50. The Balaban J connectivity index is 1.69. The molecule has 0 unspecified atom stereocenters. The molecule has 0 spiro atoms. The third-order valence-electron chi connectivity index (χ3n) is 4.71. The molecule has 0 N–H and O–H groups in total. The molecule has 2 amide bonds. The number of carbonyl (C=O) groups is 2. The van der Waals surface area contributed by atoms with Gasteiger partial charge in [0.05, 0.1) is 21.4 Å². The molecule has 1 aliphatic rings. The van der Waals surface area contributed by atoms with Crippen molar-refractivity contribution in [2.75, 3.05) is 25.9 Å². The van der Waals surface area contributed by atoms with Gasteiger partial charge in [0.15, 0.2) is 0 Å². The number of likely N-dealkylation sites (tertiary alicyclic amines) is 1. The lowest BCUT2D eigenvalue weighted by Gasteiger charge is -2.20. The zero-order valence-electron chi connectivity index (χ0n) is 15.7. The van der Waals surface area contributed by atoms with Crippen LogP contribution in [-0.4, -0.2) is 47.5 Å². The highest BCUT2D eigenvalue weighted by Gasteiger charge is 2.21. The fraction of sp³-hybridized carbons (Fsp3) is 0.333. The second-order valence-corrected chi connectivity index (χ2v) is 8.55. The molecule has 0 aliphatic carbocycles. The van der Waals surface area contributed by atoms with E-state index in [1.807, 2.05) is 35.2 Å². The monoisotopic (exact) mass is 436 g/mol. The van der Waals surface area contributed by atoms with Crippen molar-refractivity contribution >= 4 is 46.8 Å². The van der Waals surface area contributed by atoms with Crippen LogP contribution in [0.4, 0.5) is 0 Å². The van der Waals surface area contributed by atoms with Crippen LogP contribution in [0.15, 0.2) is 47.4 Å². The Morgan fingerprint density at radius 2 is 1.79 bits per heavy atom. The van der Waals surface area contributed by atoms with Crippen LogP contribution in [0, 0.1) is 0 Å². The Bertz CT molecular complexity index is 869. The van der Waals surface area contributed by atoms with Crippen LogP contribution in [0.3, 0.4) is 0 Å². The van der Waals surface area contributed by atoms with Crippen molar-refractivity contribution in [2.45, 2.75) is 24.3 Å². The van der Waals surface area contributed by atoms with Gasteiger partial charge in [-0.2, -0.15) is 0 Å². The smallest absolute Gasteiger partial charge is 0.255 e. The van der Waals surface area contributed by atoms with E-state index < -0.39 is 0 Å². The topological polar surface area (TPSA) is 40.6 Å². The van der Waals surface area contributed by atoms with Crippen LogP contribution in [0.2, 0.25) is 10.0 Å². The quantitative estimate of drug-likeness (QED) is 0.599. The number of rotatable bonds is 6. The van der Waals surface area contributed by atoms with E-state index in [-0.39, 0.29) is 11.8 Å². The average molecular weight is 437 g/mol. The van der Waals surface area contributed by atoms with Crippen molar-refractivity contribution in [1.29, 1.82) is 0 Å². The standard InChI is InChI=1S/C21H22Cl2N2O2S/c1-24(13-15-7-6-9-17(22)20(15)23)21(27)16-8-2-3-10-18(16)28-14-19(26)25-11-4-5-12-25/h2-3,6-10H,4-5,11-14H2,1H3.